The van der Waals surface area contributed by atoms with E-state index in [1.165, 1.54) is 0 Å². The van der Waals surface area contributed by atoms with Gasteiger partial charge in [0, 0.05) is 24.6 Å². The summed E-state index contributed by atoms with van der Waals surface area (Å²) in [6, 6.07) is 1.19. The van der Waals surface area contributed by atoms with Crippen LogP contribution in [0.2, 0.25) is 0 Å². The van der Waals surface area contributed by atoms with Crippen LogP contribution in [0.15, 0.2) is 6.07 Å². The summed E-state index contributed by atoms with van der Waals surface area (Å²) in [5, 5.41) is 11.9. The van der Waals surface area contributed by atoms with Gasteiger partial charge in [0.2, 0.25) is 0 Å². The first-order valence-electron chi connectivity index (χ1n) is 8.07. The lowest BCUT2D eigenvalue weighted by Gasteiger charge is -2.34. The topological polar surface area (TPSA) is 64.8 Å². The van der Waals surface area contributed by atoms with E-state index in [1.807, 2.05) is 33.8 Å². The number of nitrogens with zero attached hydrogens (tertiary/aromatic N) is 2. The molecule has 0 amide bonds. The lowest BCUT2D eigenvalue weighted by Crippen LogP contribution is -2.51. The SMILES string of the molecule is Cc1cc(C)c2c(c1C)OC(C)(CN1CCOCC1)C2[N+](=O)[O-]. The number of aryl methyl sites for hydroxylation is 2. The Bertz CT molecular complexity index is 640. The van der Waals surface area contributed by atoms with Crippen molar-refractivity contribution in [2.24, 2.45) is 0 Å². The van der Waals surface area contributed by atoms with Crippen LogP contribution < -0.4 is 4.74 Å². The highest BCUT2D eigenvalue weighted by molar-refractivity contribution is 5.54. The lowest BCUT2D eigenvalue weighted by atomic mass is 9.88. The van der Waals surface area contributed by atoms with E-state index in [1.54, 1.807) is 0 Å². The molecule has 1 aromatic rings. The zero-order valence-electron chi connectivity index (χ0n) is 14.2. The van der Waals surface area contributed by atoms with Gasteiger partial charge in [0.05, 0.1) is 18.8 Å². The number of ether oxygens (including phenoxy) is 2. The van der Waals surface area contributed by atoms with E-state index < -0.39 is 11.6 Å². The predicted molar refractivity (Wildman–Crippen MR) is 86.7 cm³/mol. The number of nitro groups is 1. The molecule has 2 atom stereocenters. The average Bonchev–Trinajstić information content (AvgIpc) is 2.80. The van der Waals surface area contributed by atoms with E-state index in [9.17, 15) is 10.1 Å². The maximum atomic E-state index is 11.9. The Morgan fingerprint density at radius 2 is 1.96 bits per heavy atom. The summed E-state index contributed by atoms with van der Waals surface area (Å²) >= 11 is 0. The second-order valence-electron chi connectivity index (χ2n) is 6.87. The standard InChI is InChI=1S/C17H24N2O4/c1-11-9-12(2)14-15(13(11)3)23-17(4,16(14)19(20)21)10-18-5-7-22-8-6-18/h9,16H,5-8,10H2,1-4H3. The Kier molecular flexibility index (Phi) is 4.06. The Balaban J connectivity index is 2.00. The summed E-state index contributed by atoms with van der Waals surface area (Å²) in [5.74, 6) is 0.708. The quantitative estimate of drug-likeness (QED) is 0.632. The predicted octanol–water partition coefficient (Wildman–Crippen LogP) is 2.41. The first kappa shape index (κ1) is 16.2. The second kappa shape index (κ2) is 5.76. The van der Waals surface area contributed by atoms with Crippen molar-refractivity contribution in [1.29, 1.82) is 0 Å². The lowest BCUT2D eigenvalue weighted by molar-refractivity contribution is -0.545. The molecule has 2 aliphatic heterocycles. The van der Waals surface area contributed by atoms with Gasteiger partial charge < -0.3 is 9.47 Å². The normalized spacial score (nSPS) is 27.6. The summed E-state index contributed by atoms with van der Waals surface area (Å²) in [6.45, 7) is 11.3. The van der Waals surface area contributed by atoms with Gasteiger partial charge in [-0.1, -0.05) is 6.07 Å². The molecule has 3 rings (SSSR count). The third kappa shape index (κ3) is 2.70. The van der Waals surface area contributed by atoms with Crippen molar-refractivity contribution in [2.45, 2.75) is 39.3 Å². The van der Waals surface area contributed by atoms with E-state index in [0.29, 0.717) is 25.5 Å². The highest BCUT2D eigenvalue weighted by Gasteiger charge is 2.55. The van der Waals surface area contributed by atoms with Crippen LogP contribution in [-0.4, -0.2) is 48.3 Å². The van der Waals surface area contributed by atoms with Gasteiger partial charge in [0.15, 0.2) is 5.60 Å². The molecule has 0 saturated carbocycles. The van der Waals surface area contributed by atoms with Crippen LogP contribution in [-0.2, 0) is 4.74 Å². The highest BCUT2D eigenvalue weighted by atomic mass is 16.6. The minimum Gasteiger partial charge on any atom is -0.478 e. The Labute approximate surface area is 136 Å². The molecule has 0 spiro atoms. The Morgan fingerprint density at radius 3 is 2.57 bits per heavy atom. The van der Waals surface area contributed by atoms with E-state index in [0.717, 1.165) is 35.3 Å². The number of hydrogen-bond acceptors (Lipinski definition) is 5. The largest absolute Gasteiger partial charge is 0.478 e. The van der Waals surface area contributed by atoms with Crippen LogP contribution in [0.4, 0.5) is 0 Å². The van der Waals surface area contributed by atoms with Crippen LogP contribution in [0.25, 0.3) is 0 Å². The molecular formula is C17H24N2O4. The molecule has 2 unspecified atom stereocenters. The zero-order valence-corrected chi connectivity index (χ0v) is 14.2. The van der Waals surface area contributed by atoms with Gasteiger partial charge in [-0.2, -0.15) is 0 Å². The summed E-state index contributed by atoms with van der Waals surface area (Å²) in [5.41, 5.74) is 2.94. The molecule has 0 bridgehead atoms. The molecule has 0 aromatic heterocycles. The zero-order chi connectivity index (χ0) is 16.8. The van der Waals surface area contributed by atoms with Gasteiger partial charge in [-0.05, 0) is 44.4 Å². The van der Waals surface area contributed by atoms with Gasteiger partial charge in [-0.15, -0.1) is 0 Å². The Morgan fingerprint density at radius 1 is 1.30 bits per heavy atom. The average molecular weight is 320 g/mol. The molecule has 0 radical (unpaired) electrons. The van der Waals surface area contributed by atoms with Crippen molar-refractivity contribution in [3.05, 3.63) is 38.4 Å². The van der Waals surface area contributed by atoms with Gasteiger partial charge in [0.1, 0.15) is 5.75 Å². The van der Waals surface area contributed by atoms with Crippen molar-refractivity contribution in [3.63, 3.8) is 0 Å². The third-order valence-electron chi connectivity index (χ3n) is 5.07. The monoisotopic (exact) mass is 320 g/mol. The molecule has 23 heavy (non-hydrogen) atoms. The Hall–Kier alpha value is -1.66. The first-order chi connectivity index (χ1) is 10.8. The van der Waals surface area contributed by atoms with Crippen LogP contribution >= 0.6 is 0 Å². The van der Waals surface area contributed by atoms with Gasteiger partial charge in [-0.3, -0.25) is 15.0 Å². The van der Waals surface area contributed by atoms with Gasteiger partial charge in [0.25, 0.3) is 6.04 Å². The summed E-state index contributed by atoms with van der Waals surface area (Å²) < 4.78 is 11.6. The van der Waals surface area contributed by atoms with Crippen molar-refractivity contribution < 1.29 is 14.4 Å². The fraction of sp³-hybridized carbons (Fsp3) is 0.647. The van der Waals surface area contributed by atoms with Gasteiger partial charge >= 0.3 is 0 Å². The summed E-state index contributed by atoms with van der Waals surface area (Å²) in [7, 11) is 0. The molecule has 6 nitrogen and oxygen atoms in total. The number of hydrogen-bond donors (Lipinski definition) is 0. The van der Waals surface area contributed by atoms with E-state index >= 15 is 0 Å². The van der Waals surface area contributed by atoms with Gasteiger partial charge in [-0.25, -0.2) is 0 Å². The molecule has 2 aliphatic rings. The second-order valence-corrected chi connectivity index (χ2v) is 6.87. The molecule has 126 valence electrons. The van der Waals surface area contributed by atoms with Crippen molar-refractivity contribution in [2.75, 3.05) is 32.8 Å². The molecule has 0 N–H and O–H groups in total. The van der Waals surface area contributed by atoms with E-state index in [-0.39, 0.29) is 4.92 Å². The third-order valence-corrected chi connectivity index (χ3v) is 5.07. The minimum atomic E-state index is -0.855. The smallest absolute Gasteiger partial charge is 0.281 e. The minimum absolute atomic E-state index is 0.186. The number of rotatable bonds is 3. The van der Waals surface area contributed by atoms with Crippen LogP contribution in [0.5, 0.6) is 5.75 Å². The number of morpholine rings is 1. The first-order valence-corrected chi connectivity index (χ1v) is 8.07. The van der Waals surface area contributed by atoms with Crippen LogP contribution in [0.3, 0.4) is 0 Å². The van der Waals surface area contributed by atoms with Crippen molar-refractivity contribution in [3.8, 4) is 5.75 Å². The van der Waals surface area contributed by atoms with Crippen molar-refractivity contribution >= 4 is 0 Å². The summed E-state index contributed by atoms with van der Waals surface area (Å²) in [6.07, 6.45) is 0. The molecule has 0 aliphatic carbocycles. The summed E-state index contributed by atoms with van der Waals surface area (Å²) in [4.78, 5) is 13.9. The molecule has 1 aromatic carbocycles. The maximum Gasteiger partial charge on any atom is 0.281 e. The van der Waals surface area contributed by atoms with Crippen LogP contribution in [0.1, 0.15) is 35.2 Å². The highest BCUT2D eigenvalue weighted by Crippen LogP contribution is 2.49. The molecule has 6 heteroatoms. The maximum absolute atomic E-state index is 11.9. The number of benzene rings is 1. The molecule has 2 heterocycles. The molecule has 1 fully saturated rings. The molecule has 1 saturated heterocycles. The fourth-order valence-electron chi connectivity index (χ4n) is 3.79. The van der Waals surface area contributed by atoms with Crippen LogP contribution in [0, 0.1) is 30.9 Å². The van der Waals surface area contributed by atoms with E-state index in [4.69, 9.17) is 9.47 Å². The van der Waals surface area contributed by atoms with E-state index in [2.05, 4.69) is 4.90 Å². The van der Waals surface area contributed by atoms with Crippen molar-refractivity contribution in [1.82, 2.24) is 4.90 Å². The molecular weight excluding hydrogens is 296 g/mol. The fourth-order valence-corrected chi connectivity index (χ4v) is 3.79. The number of fused-ring (bicyclic) bond motifs is 1.